The molecule has 4 aliphatic carbocycles. The number of amides is 3. The third-order valence-electron chi connectivity index (χ3n) is 9.91. The van der Waals surface area contributed by atoms with Crippen LogP contribution in [-0.4, -0.2) is 76.0 Å². The summed E-state index contributed by atoms with van der Waals surface area (Å²) in [6.07, 6.45) is -0.132. The van der Waals surface area contributed by atoms with E-state index in [0.29, 0.717) is 24.9 Å². The lowest BCUT2D eigenvalue weighted by Crippen LogP contribution is -2.56. The number of aliphatic hydroxyl groups excluding tert-OH is 3. The van der Waals surface area contributed by atoms with Crippen molar-refractivity contribution in [2.75, 3.05) is 19.4 Å². The van der Waals surface area contributed by atoms with Gasteiger partial charge < -0.3 is 31.7 Å². The number of nitrogens with zero attached hydrogens (tertiary/aromatic N) is 1. The molecule has 2 aromatic rings. The lowest BCUT2D eigenvalue weighted by molar-refractivity contribution is -0.137. The second kappa shape index (κ2) is 10.9. The van der Waals surface area contributed by atoms with Crippen LogP contribution in [0, 0.1) is 23.7 Å². The first-order chi connectivity index (χ1) is 20.9. The van der Waals surface area contributed by atoms with E-state index in [9.17, 15) is 34.5 Å². The quantitative estimate of drug-likeness (QED) is 0.229. The molecule has 4 unspecified atom stereocenters. The van der Waals surface area contributed by atoms with Crippen molar-refractivity contribution in [2.24, 2.45) is 29.4 Å². The van der Waals surface area contributed by atoms with Gasteiger partial charge in [0.1, 0.15) is 23.2 Å². The predicted octanol–water partition coefficient (Wildman–Crippen LogP) is 2.87. The Morgan fingerprint density at radius 2 is 1.70 bits per heavy atom. The number of Topliss-reactive ketones (excluding diaryl/α,β-unsaturated/α-hetero) is 2. The summed E-state index contributed by atoms with van der Waals surface area (Å²) in [7, 11) is 3.37. The molecule has 7 N–H and O–H groups in total. The van der Waals surface area contributed by atoms with Crippen LogP contribution in [0.4, 0.5) is 10.5 Å². The monoisotopic (exact) mass is 600 g/mol. The number of primary amides is 1. The Kier molecular flexibility index (Phi) is 7.33. The number of hydrogen-bond donors (Lipinski definition) is 6. The normalized spacial score (nSPS) is 30.2. The summed E-state index contributed by atoms with van der Waals surface area (Å²) >= 11 is 0. The minimum absolute atomic E-state index is 0.0356. The van der Waals surface area contributed by atoms with Gasteiger partial charge in [-0.1, -0.05) is 48.9 Å². The topological polar surface area (TPSA) is 182 Å². The molecular weight excluding hydrogens is 564 g/mol. The van der Waals surface area contributed by atoms with E-state index in [2.05, 4.69) is 10.6 Å². The standard InChI is InChI=1S/C33H36N4O7/c1-14-16-11-12-21(36-33(44)35-20-10-6-8-15-7-4-5-9-17(15)20)27(38)22(16)28(39)23-18(14)13-19-24(29(23)40)30(41)25(32(34)43)31(42)26(19)37(2)3/h4-10,14,18-19,21,24,26-27,38-39,42H,11-13H2,1-3H3,(H2,34,43)(H2,35,36,44)/t14-,18+,19?,21?,24?,26-,27?/m0/s1. The molecule has 0 saturated heterocycles. The molecule has 0 heterocycles. The molecule has 7 atom stereocenters. The fourth-order valence-corrected chi connectivity index (χ4v) is 7.93. The number of ketones is 2. The van der Waals surface area contributed by atoms with Gasteiger partial charge in [0.15, 0.2) is 11.6 Å². The number of nitrogens with two attached hydrogens (primary N) is 1. The second-order valence-corrected chi connectivity index (χ2v) is 12.5. The van der Waals surface area contributed by atoms with Crippen molar-refractivity contribution in [3.05, 3.63) is 76.3 Å². The summed E-state index contributed by atoms with van der Waals surface area (Å²) in [5, 5.41) is 41.5. The lowest BCUT2D eigenvalue weighted by Gasteiger charge is -2.49. The summed E-state index contributed by atoms with van der Waals surface area (Å²) in [5.41, 5.74) is 6.48. The average Bonchev–Trinajstić information content (AvgIpc) is 2.96. The zero-order valence-corrected chi connectivity index (χ0v) is 24.7. The first kappa shape index (κ1) is 29.6. The Morgan fingerprint density at radius 1 is 1.00 bits per heavy atom. The predicted molar refractivity (Wildman–Crippen MR) is 162 cm³/mol. The van der Waals surface area contributed by atoms with Crippen LogP contribution in [-0.2, 0) is 14.4 Å². The molecule has 11 nitrogen and oxygen atoms in total. The van der Waals surface area contributed by atoms with Crippen molar-refractivity contribution in [1.82, 2.24) is 10.2 Å². The number of fused-ring (bicyclic) bond motifs is 3. The molecule has 6 rings (SSSR count). The van der Waals surface area contributed by atoms with Gasteiger partial charge in [-0.25, -0.2) is 4.79 Å². The fourth-order valence-electron chi connectivity index (χ4n) is 7.93. The van der Waals surface area contributed by atoms with Crippen molar-refractivity contribution >= 4 is 40.0 Å². The van der Waals surface area contributed by atoms with E-state index in [4.69, 9.17) is 5.73 Å². The van der Waals surface area contributed by atoms with Gasteiger partial charge in [0.25, 0.3) is 5.91 Å². The van der Waals surface area contributed by atoms with E-state index in [-0.39, 0.29) is 22.8 Å². The molecule has 0 spiro atoms. The number of benzene rings is 2. The van der Waals surface area contributed by atoms with Crippen molar-refractivity contribution < 1.29 is 34.5 Å². The summed E-state index contributed by atoms with van der Waals surface area (Å²) in [6.45, 7) is 1.92. The highest BCUT2D eigenvalue weighted by atomic mass is 16.3. The smallest absolute Gasteiger partial charge is 0.319 e. The summed E-state index contributed by atoms with van der Waals surface area (Å²) < 4.78 is 0. The highest BCUT2D eigenvalue weighted by Gasteiger charge is 2.57. The van der Waals surface area contributed by atoms with Gasteiger partial charge >= 0.3 is 6.03 Å². The molecule has 0 bridgehead atoms. The number of anilines is 1. The average molecular weight is 601 g/mol. The molecule has 0 radical (unpaired) electrons. The van der Waals surface area contributed by atoms with E-state index in [0.717, 1.165) is 16.3 Å². The van der Waals surface area contributed by atoms with Gasteiger partial charge in [0.2, 0.25) is 0 Å². The SMILES string of the molecule is C[C@H]1C2=C(C(O)=C3C(=O)C4C(=O)C(C(N)=O)=C(O)[C@@H](N(C)C)C4C[C@@H]31)C(O)C(NC(=O)Nc1cccc3ccccc13)CC2. The fraction of sp³-hybridized carbons (Fsp3) is 0.394. The molecule has 0 aliphatic heterocycles. The summed E-state index contributed by atoms with van der Waals surface area (Å²) in [6, 6.07) is 11.1. The van der Waals surface area contributed by atoms with Crippen LogP contribution in [0.25, 0.3) is 10.8 Å². The minimum atomic E-state index is -1.32. The van der Waals surface area contributed by atoms with Crippen LogP contribution >= 0.6 is 0 Å². The molecule has 3 amide bonds. The Morgan fingerprint density at radius 3 is 2.41 bits per heavy atom. The number of nitrogens with one attached hydrogen (secondary N) is 2. The lowest BCUT2D eigenvalue weighted by atomic mass is 9.56. The van der Waals surface area contributed by atoms with E-state index in [1.54, 1.807) is 25.1 Å². The van der Waals surface area contributed by atoms with Crippen LogP contribution in [0.5, 0.6) is 0 Å². The van der Waals surface area contributed by atoms with Crippen molar-refractivity contribution in [3.63, 3.8) is 0 Å². The van der Waals surface area contributed by atoms with Crippen molar-refractivity contribution in [1.29, 1.82) is 0 Å². The van der Waals surface area contributed by atoms with Crippen LogP contribution in [0.1, 0.15) is 26.2 Å². The third-order valence-corrected chi connectivity index (χ3v) is 9.91. The number of aliphatic hydroxyl groups is 3. The van der Waals surface area contributed by atoms with E-state index in [1.807, 2.05) is 43.3 Å². The van der Waals surface area contributed by atoms with Crippen LogP contribution in [0.2, 0.25) is 0 Å². The van der Waals surface area contributed by atoms with E-state index >= 15 is 0 Å². The zero-order chi connectivity index (χ0) is 31.6. The Labute approximate surface area is 254 Å². The first-order valence-corrected chi connectivity index (χ1v) is 14.8. The summed E-state index contributed by atoms with van der Waals surface area (Å²) in [4.78, 5) is 54.4. The number of allylic oxidation sites excluding steroid dienone is 2. The molecule has 1 fully saturated rings. The zero-order valence-electron chi connectivity index (χ0n) is 24.7. The van der Waals surface area contributed by atoms with Crippen molar-refractivity contribution in [2.45, 2.75) is 44.4 Å². The Bertz CT molecular complexity index is 1700. The number of hydrogen-bond acceptors (Lipinski definition) is 8. The summed E-state index contributed by atoms with van der Waals surface area (Å²) in [5.74, 6) is -6.12. The Balaban J connectivity index is 1.29. The first-order valence-electron chi connectivity index (χ1n) is 14.8. The number of likely N-dealkylation sites (N-methyl/N-ethyl adjacent to an activating group) is 1. The molecule has 2 aromatic carbocycles. The van der Waals surface area contributed by atoms with Gasteiger partial charge in [-0.15, -0.1) is 0 Å². The molecule has 230 valence electrons. The largest absolute Gasteiger partial charge is 0.510 e. The highest BCUT2D eigenvalue weighted by Crippen LogP contribution is 2.53. The molecule has 44 heavy (non-hydrogen) atoms. The number of carbonyl (C=O) groups is 4. The van der Waals surface area contributed by atoms with Crippen LogP contribution < -0.4 is 16.4 Å². The number of carbonyl (C=O) groups excluding carboxylic acids is 4. The van der Waals surface area contributed by atoms with Gasteiger partial charge in [0.05, 0.1) is 23.7 Å². The molecular formula is C33H36N4O7. The third kappa shape index (κ3) is 4.49. The maximum Gasteiger partial charge on any atom is 0.319 e. The molecule has 11 heteroatoms. The molecule has 1 saturated carbocycles. The van der Waals surface area contributed by atoms with Crippen LogP contribution in [0.3, 0.4) is 0 Å². The highest BCUT2D eigenvalue weighted by molar-refractivity contribution is 6.28. The van der Waals surface area contributed by atoms with Crippen LogP contribution in [0.15, 0.2) is 76.3 Å². The van der Waals surface area contributed by atoms with Crippen molar-refractivity contribution in [3.8, 4) is 0 Å². The Hall–Kier alpha value is -4.48. The number of urea groups is 1. The maximum atomic E-state index is 14.1. The van der Waals surface area contributed by atoms with E-state index in [1.165, 1.54) is 0 Å². The molecule has 4 aliphatic rings. The minimum Gasteiger partial charge on any atom is -0.510 e. The number of rotatable bonds is 4. The van der Waals surface area contributed by atoms with Gasteiger partial charge in [0, 0.05) is 16.5 Å². The van der Waals surface area contributed by atoms with Gasteiger partial charge in [-0.05, 0) is 62.6 Å². The van der Waals surface area contributed by atoms with E-state index < -0.39 is 70.8 Å². The van der Waals surface area contributed by atoms with Gasteiger partial charge in [-0.2, -0.15) is 0 Å². The molecule has 0 aromatic heterocycles. The van der Waals surface area contributed by atoms with Gasteiger partial charge in [-0.3, -0.25) is 19.3 Å². The maximum absolute atomic E-state index is 14.1. The second-order valence-electron chi connectivity index (χ2n) is 12.5.